The SMILES string of the molecule is CC(=O)CC1CCCCC1N. The van der Waals surface area contributed by atoms with Gasteiger partial charge in [-0.15, -0.1) is 0 Å². The van der Waals surface area contributed by atoms with Gasteiger partial charge in [0.25, 0.3) is 0 Å². The van der Waals surface area contributed by atoms with Gasteiger partial charge in [-0.05, 0) is 25.7 Å². The van der Waals surface area contributed by atoms with Gasteiger partial charge in [-0.3, -0.25) is 0 Å². The Morgan fingerprint density at radius 2 is 2.09 bits per heavy atom. The van der Waals surface area contributed by atoms with Gasteiger partial charge in [-0.25, -0.2) is 0 Å². The molecule has 0 amide bonds. The van der Waals surface area contributed by atoms with E-state index in [-0.39, 0.29) is 11.8 Å². The Hall–Kier alpha value is -0.370. The van der Waals surface area contributed by atoms with Crippen molar-refractivity contribution in [3.05, 3.63) is 0 Å². The van der Waals surface area contributed by atoms with Gasteiger partial charge in [-0.2, -0.15) is 0 Å². The molecule has 1 aliphatic carbocycles. The highest BCUT2D eigenvalue weighted by Gasteiger charge is 2.22. The summed E-state index contributed by atoms with van der Waals surface area (Å²) >= 11 is 0. The molecular formula is C9H17NO. The van der Waals surface area contributed by atoms with Crippen LogP contribution in [0.15, 0.2) is 0 Å². The number of Topliss-reactive ketones (excluding diaryl/α,β-unsaturated/α-hetero) is 1. The molecule has 2 atom stereocenters. The molecule has 0 saturated heterocycles. The van der Waals surface area contributed by atoms with Crippen molar-refractivity contribution >= 4 is 5.78 Å². The van der Waals surface area contributed by atoms with Crippen LogP contribution < -0.4 is 5.73 Å². The van der Waals surface area contributed by atoms with Crippen molar-refractivity contribution in [3.8, 4) is 0 Å². The fourth-order valence-electron chi connectivity index (χ4n) is 1.86. The Bertz CT molecular complexity index is 144. The normalized spacial score (nSPS) is 31.8. The molecule has 64 valence electrons. The molecule has 11 heavy (non-hydrogen) atoms. The van der Waals surface area contributed by atoms with Crippen molar-refractivity contribution in [2.75, 3.05) is 0 Å². The summed E-state index contributed by atoms with van der Waals surface area (Å²) in [6.07, 6.45) is 5.46. The molecule has 2 heteroatoms. The third-order valence-electron chi connectivity index (χ3n) is 2.52. The molecule has 1 aliphatic rings. The maximum Gasteiger partial charge on any atom is 0.130 e. The summed E-state index contributed by atoms with van der Waals surface area (Å²) in [6.45, 7) is 1.65. The lowest BCUT2D eigenvalue weighted by molar-refractivity contribution is -0.118. The van der Waals surface area contributed by atoms with E-state index in [1.807, 2.05) is 0 Å². The summed E-state index contributed by atoms with van der Waals surface area (Å²) in [5.74, 6) is 0.758. The molecule has 0 spiro atoms. The van der Waals surface area contributed by atoms with E-state index in [1.54, 1.807) is 6.92 Å². The predicted octanol–water partition coefficient (Wildman–Crippen LogP) is 1.48. The molecule has 1 rings (SSSR count). The Morgan fingerprint density at radius 3 is 2.64 bits per heavy atom. The number of carbonyl (C=O) groups excluding carboxylic acids is 1. The monoisotopic (exact) mass is 155 g/mol. The summed E-state index contributed by atoms with van der Waals surface area (Å²) in [6, 6.07) is 0.285. The second-order valence-corrected chi connectivity index (χ2v) is 3.61. The summed E-state index contributed by atoms with van der Waals surface area (Å²) in [5.41, 5.74) is 5.88. The van der Waals surface area contributed by atoms with Crippen LogP contribution in [0.4, 0.5) is 0 Å². The van der Waals surface area contributed by atoms with Crippen molar-refractivity contribution < 1.29 is 4.79 Å². The molecule has 0 aromatic rings. The zero-order valence-electron chi connectivity index (χ0n) is 7.18. The predicted molar refractivity (Wildman–Crippen MR) is 45.2 cm³/mol. The number of nitrogens with two attached hydrogens (primary N) is 1. The van der Waals surface area contributed by atoms with Crippen molar-refractivity contribution in [3.63, 3.8) is 0 Å². The van der Waals surface area contributed by atoms with E-state index in [0.29, 0.717) is 12.3 Å². The van der Waals surface area contributed by atoms with E-state index in [0.717, 1.165) is 12.8 Å². The zero-order chi connectivity index (χ0) is 8.27. The first-order valence-electron chi connectivity index (χ1n) is 4.45. The largest absolute Gasteiger partial charge is 0.327 e. The fraction of sp³-hybridized carbons (Fsp3) is 0.889. The molecule has 0 bridgehead atoms. The van der Waals surface area contributed by atoms with Crippen LogP contribution in [0, 0.1) is 5.92 Å². The Balaban J connectivity index is 2.35. The topological polar surface area (TPSA) is 43.1 Å². The van der Waals surface area contributed by atoms with E-state index < -0.39 is 0 Å². The minimum atomic E-state index is 0.285. The number of hydrogen-bond donors (Lipinski definition) is 1. The number of ketones is 1. The number of carbonyl (C=O) groups is 1. The first kappa shape index (κ1) is 8.72. The van der Waals surface area contributed by atoms with Crippen LogP contribution in [-0.2, 0) is 4.79 Å². The van der Waals surface area contributed by atoms with Crippen LogP contribution in [0.1, 0.15) is 39.0 Å². The molecule has 1 fully saturated rings. The third-order valence-corrected chi connectivity index (χ3v) is 2.52. The van der Waals surface area contributed by atoms with Crippen molar-refractivity contribution in [1.29, 1.82) is 0 Å². The van der Waals surface area contributed by atoms with Crippen molar-refractivity contribution in [1.82, 2.24) is 0 Å². The van der Waals surface area contributed by atoms with Crippen LogP contribution in [-0.4, -0.2) is 11.8 Å². The summed E-state index contributed by atoms with van der Waals surface area (Å²) in [7, 11) is 0. The lowest BCUT2D eigenvalue weighted by Gasteiger charge is -2.27. The van der Waals surface area contributed by atoms with E-state index >= 15 is 0 Å². The molecule has 2 nitrogen and oxygen atoms in total. The molecule has 0 radical (unpaired) electrons. The van der Waals surface area contributed by atoms with Crippen LogP contribution in [0.25, 0.3) is 0 Å². The Labute approximate surface area is 68.2 Å². The smallest absolute Gasteiger partial charge is 0.130 e. The summed E-state index contributed by atoms with van der Waals surface area (Å²) < 4.78 is 0. The minimum Gasteiger partial charge on any atom is -0.327 e. The minimum absolute atomic E-state index is 0.285. The fourth-order valence-corrected chi connectivity index (χ4v) is 1.86. The van der Waals surface area contributed by atoms with E-state index in [9.17, 15) is 4.79 Å². The van der Waals surface area contributed by atoms with E-state index in [4.69, 9.17) is 5.73 Å². The second-order valence-electron chi connectivity index (χ2n) is 3.61. The quantitative estimate of drug-likeness (QED) is 0.656. The van der Waals surface area contributed by atoms with Crippen LogP contribution >= 0.6 is 0 Å². The molecule has 2 N–H and O–H groups in total. The lowest BCUT2D eigenvalue weighted by Crippen LogP contribution is -2.34. The van der Waals surface area contributed by atoms with Gasteiger partial charge < -0.3 is 10.5 Å². The molecule has 2 unspecified atom stereocenters. The van der Waals surface area contributed by atoms with Gasteiger partial charge in [0.1, 0.15) is 5.78 Å². The maximum absolute atomic E-state index is 10.8. The average Bonchev–Trinajstić information content (AvgIpc) is 1.93. The van der Waals surface area contributed by atoms with Crippen molar-refractivity contribution in [2.45, 2.75) is 45.1 Å². The highest BCUT2D eigenvalue weighted by Crippen LogP contribution is 2.25. The molecule has 0 aromatic carbocycles. The highest BCUT2D eigenvalue weighted by molar-refractivity contribution is 5.75. The van der Waals surface area contributed by atoms with Gasteiger partial charge in [0.05, 0.1) is 0 Å². The van der Waals surface area contributed by atoms with Crippen LogP contribution in [0.3, 0.4) is 0 Å². The lowest BCUT2D eigenvalue weighted by atomic mass is 9.82. The first-order valence-corrected chi connectivity index (χ1v) is 4.45. The van der Waals surface area contributed by atoms with Gasteiger partial charge in [0.2, 0.25) is 0 Å². The van der Waals surface area contributed by atoms with Gasteiger partial charge in [0.15, 0.2) is 0 Å². The molecule has 1 saturated carbocycles. The standard InChI is InChI=1S/C9H17NO/c1-7(11)6-8-4-2-3-5-9(8)10/h8-9H,2-6,10H2,1H3. The highest BCUT2D eigenvalue weighted by atomic mass is 16.1. The van der Waals surface area contributed by atoms with E-state index in [2.05, 4.69) is 0 Å². The molecular weight excluding hydrogens is 138 g/mol. The van der Waals surface area contributed by atoms with Crippen molar-refractivity contribution in [2.24, 2.45) is 11.7 Å². The molecule has 0 aliphatic heterocycles. The number of rotatable bonds is 2. The molecule has 0 heterocycles. The summed E-state index contributed by atoms with van der Waals surface area (Å²) in [5, 5.41) is 0. The van der Waals surface area contributed by atoms with Gasteiger partial charge >= 0.3 is 0 Å². The summed E-state index contributed by atoms with van der Waals surface area (Å²) in [4.78, 5) is 10.8. The van der Waals surface area contributed by atoms with Gasteiger partial charge in [-0.1, -0.05) is 12.8 Å². The average molecular weight is 155 g/mol. The van der Waals surface area contributed by atoms with Crippen LogP contribution in [0.5, 0.6) is 0 Å². The van der Waals surface area contributed by atoms with E-state index in [1.165, 1.54) is 12.8 Å². The van der Waals surface area contributed by atoms with Crippen LogP contribution in [0.2, 0.25) is 0 Å². The first-order chi connectivity index (χ1) is 5.20. The number of hydrogen-bond acceptors (Lipinski definition) is 2. The second kappa shape index (κ2) is 3.86. The van der Waals surface area contributed by atoms with Gasteiger partial charge in [0, 0.05) is 12.5 Å². The molecule has 0 aromatic heterocycles. The Morgan fingerprint density at radius 1 is 1.45 bits per heavy atom. The zero-order valence-corrected chi connectivity index (χ0v) is 7.18. The third kappa shape index (κ3) is 2.62. The Kier molecular flexibility index (Phi) is 3.06. The maximum atomic E-state index is 10.8.